The summed E-state index contributed by atoms with van der Waals surface area (Å²) in [6.07, 6.45) is 2.15. The molecular weight excluding hydrogens is 387 g/mol. The van der Waals surface area contributed by atoms with Crippen LogP contribution >= 0.6 is 11.8 Å². The Balaban J connectivity index is 2.23. The van der Waals surface area contributed by atoms with Gasteiger partial charge < -0.3 is 5.32 Å². The molecule has 1 unspecified atom stereocenters. The van der Waals surface area contributed by atoms with Gasteiger partial charge in [-0.15, -0.1) is 0 Å². The third kappa shape index (κ3) is 6.05. The molecule has 0 radical (unpaired) electrons. The summed E-state index contributed by atoms with van der Waals surface area (Å²) in [6, 6.07) is 9.66. The Kier molecular flexibility index (Phi) is 7.41. The van der Waals surface area contributed by atoms with E-state index >= 15 is 0 Å². The van der Waals surface area contributed by atoms with Crippen molar-refractivity contribution < 1.29 is 17.6 Å². The molecular formula is C19H23FN2O3S2. The number of sulfonamides is 1. The fourth-order valence-electron chi connectivity index (χ4n) is 2.67. The Bertz CT molecular complexity index is 897. The van der Waals surface area contributed by atoms with E-state index in [2.05, 4.69) is 10.0 Å². The van der Waals surface area contributed by atoms with Crippen LogP contribution in [0.3, 0.4) is 0 Å². The van der Waals surface area contributed by atoms with Crippen molar-refractivity contribution in [1.29, 1.82) is 0 Å². The molecule has 0 aliphatic rings. The molecule has 2 aromatic carbocycles. The number of hydrogen-bond acceptors (Lipinski definition) is 4. The maximum Gasteiger partial charge on any atom is 0.244 e. The van der Waals surface area contributed by atoms with E-state index in [0.29, 0.717) is 11.4 Å². The number of amides is 1. The Hall–Kier alpha value is -1.90. The predicted molar refractivity (Wildman–Crippen MR) is 108 cm³/mol. The third-order valence-electron chi connectivity index (χ3n) is 3.84. The molecule has 0 spiro atoms. The number of benzene rings is 2. The maximum absolute atomic E-state index is 13.9. The zero-order valence-electron chi connectivity index (χ0n) is 15.5. The first-order valence-corrected chi connectivity index (χ1v) is 11.3. The highest BCUT2D eigenvalue weighted by molar-refractivity contribution is 7.98. The third-order valence-corrected chi connectivity index (χ3v) is 5.99. The van der Waals surface area contributed by atoms with Crippen LogP contribution in [0.5, 0.6) is 0 Å². The van der Waals surface area contributed by atoms with E-state index in [4.69, 9.17) is 0 Å². The molecule has 2 rings (SSSR count). The number of carbonyl (C=O) groups excluding carboxylic acids is 1. The van der Waals surface area contributed by atoms with Gasteiger partial charge in [0.15, 0.2) is 0 Å². The van der Waals surface area contributed by atoms with Gasteiger partial charge in [0.1, 0.15) is 16.8 Å². The molecule has 0 aromatic heterocycles. The van der Waals surface area contributed by atoms with Crippen molar-refractivity contribution in [3.8, 4) is 0 Å². The molecule has 1 atom stereocenters. The van der Waals surface area contributed by atoms with Crippen molar-refractivity contribution in [3.05, 3.63) is 59.4 Å². The van der Waals surface area contributed by atoms with Gasteiger partial charge >= 0.3 is 0 Å². The lowest BCUT2D eigenvalue weighted by molar-refractivity contribution is -0.117. The van der Waals surface area contributed by atoms with Crippen LogP contribution in [0.25, 0.3) is 0 Å². The summed E-state index contributed by atoms with van der Waals surface area (Å²) in [5, 5.41) is 2.75. The van der Waals surface area contributed by atoms with E-state index in [1.807, 2.05) is 38.3 Å². The lowest BCUT2D eigenvalue weighted by Crippen LogP contribution is -2.44. The molecule has 2 N–H and O–H groups in total. The van der Waals surface area contributed by atoms with Gasteiger partial charge in [0.2, 0.25) is 15.9 Å². The van der Waals surface area contributed by atoms with Crippen LogP contribution in [0, 0.1) is 19.7 Å². The average molecular weight is 411 g/mol. The lowest BCUT2D eigenvalue weighted by atomic mass is 10.1. The van der Waals surface area contributed by atoms with E-state index < -0.39 is 32.7 Å². The van der Waals surface area contributed by atoms with E-state index in [1.165, 1.54) is 30.0 Å². The molecule has 1 amide bonds. The maximum atomic E-state index is 13.9. The van der Waals surface area contributed by atoms with Crippen LogP contribution in [-0.2, 0) is 14.8 Å². The SMILES string of the molecule is CSCCC(NS(=O)(=O)c1ccccc1F)C(=O)Nc1cc(C)cc(C)c1. The molecule has 0 heterocycles. The Morgan fingerprint density at radius 2 is 1.78 bits per heavy atom. The Morgan fingerprint density at radius 3 is 2.37 bits per heavy atom. The van der Waals surface area contributed by atoms with Crippen LogP contribution in [0.15, 0.2) is 47.4 Å². The van der Waals surface area contributed by atoms with Crippen LogP contribution in [-0.4, -0.2) is 32.4 Å². The smallest absolute Gasteiger partial charge is 0.244 e. The van der Waals surface area contributed by atoms with Gasteiger partial charge in [-0.25, -0.2) is 12.8 Å². The molecule has 0 aliphatic heterocycles. The van der Waals surface area contributed by atoms with E-state index in [1.54, 1.807) is 0 Å². The first-order chi connectivity index (χ1) is 12.7. The minimum absolute atomic E-state index is 0.283. The van der Waals surface area contributed by atoms with Gasteiger partial charge in [-0.05, 0) is 67.7 Å². The number of carbonyl (C=O) groups is 1. The zero-order valence-corrected chi connectivity index (χ0v) is 17.1. The molecule has 8 heteroatoms. The summed E-state index contributed by atoms with van der Waals surface area (Å²) in [5.41, 5.74) is 2.56. The summed E-state index contributed by atoms with van der Waals surface area (Å²) in [6.45, 7) is 3.82. The fourth-order valence-corrected chi connectivity index (χ4v) is 4.45. The highest BCUT2D eigenvalue weighted by atomic mass is 32.2. The largest absolute Gasteiger partial charge is 0.325 e. The normalized spacial score (nSPS) is 12.6. The predicted octanol–water partition coefficient (Wildman–Crippen LogP) is 3.48. The summed E-state index contributed by atoms with van der Waals surface area (Å²) in [4.78, 5) is 12.2. The summed E-state index contributed by atoms with van der Waals surface area (Å²) < 4.78 is 41.3. The molecule has 0 aliphatic carbocycles. The number of aryl methyl sites for hydroxylation is 2. The minimum Gasteiger partial charge on any atom is -0.325 e. The molecule has 5 nitrogen and oxygen atoms in total. The molecule has 0 saturated carbocycles. The Labute approximate surface area is 163 Å². The number of anilines is 1. The standard InChI is InChI=1S/C19H23FN2O3S2/c1-13-10-14(2)12-15(11-13)21-19(23)17(8-9-26-3)22-27(24,25)18-7-5-4-6-16(18)20/h4-7,10-12,17,22H,8-9H2,1-3H3,(H,21,23). The van der Waals surface area contributed by atoms with Gasteiger partial charge in [-0.3, -0.25) is 4.79 Å². The van der Waals surface area contributed by atoms with Crippen LogP contribution in [0.4, 0.5) is 10.1 Å². The second-order valence-corrected chi connectivity index (χ2v) is 8.92. The van der Waals surface area contributed by atoms with Gasteiger partial charge in [-0.2, -0.15) is 16.5 Å². The van der Waals surface area contributed by atoms with Crippen molar-refractivity contribution in [1.82, 2.24) is 4.72 Å². The zero-order chi connectivity index (χ0) is 20.0. The molecule has 2 aromatic rings. The van der Waals surface area contributed by atoms with Gasteiger partial charge in [0.05, 0.1) is 0 Å². The first-order valence-electron chi connectivity index (χ1n) is 8.38. The van der Waals surface area contributed by atoms with E-state index in [0.717, 1.165) is 17.2 Å². The Morgan fingerprint density at radius 1 is 1.15 bits per heavy atom. The van der Waals surface area contributed by atoms with Crippen LogP contribution in [0.1, 0.15) is 17.5 Å². The fraction of sp³-hybridized carbons (Fsp3) is 0.316. The van der Waals surface area contributed by atoms with Crippen LogP contribution < -0.4 is 10.0 Å². The lowest BCUT2D eigenvalue weighted by Gasteiger charge is -2.19. The molecule has 0 bridgehead atoms. The monoisotopic (exact) mass is 410 g/mol. The number of nitrogens with one attached hydrogen (secondary N) is 2. The highest BCUT2D eigenvalue weighted by Gasteiger charge is 2.27. The van der Waals surface area contributed by atoms with Gasteiger partial charge in [0.25, 0.3) is 0 Å². The summed E-state index contributed by atoms with van der Waals surface area (Å²) >= 11 is 1.49. The molecule has 27 heavy (non-hydrogen) atoms. The molecule has 0 fully saturated rings. The number of halogens is 1. The second-order valence-electron chi connectivity index (χ2n) is 6.25. The summed E-state index contributed by atoms with van der Waals surface area (Å²) in [5.74, 6) is -0.762. The first kappa shape index (κ1) is 21.4. The summed E-state index contributed by atoms with van der Waals surface area (Å²) in [7, 11) is -4.17. The quantitative estimate of drug-likeness (QED) is 0.699. The van der Waals surface area contributed by atoms with E-state index in [9.17, 15) is 17.6 Å². The molecule has 146 valence electrons. The number of thioether (sulfide) groups is 1. The van der Waals surface area contributed by atoms with Crippen molar-refractivity contribution in [3.63, 3.8) is 0 Å². The van der Waals surface area contributed by atoms with Crippen molar-refractivity contribution in [2.45, 2.75) is 31.2 Å². The molecule has 0 saturated heterocycles. The minimum atomic E-state index is -4.17. The van der Waals surface area contributed by atoms with Crippen molar-refractivity contribution in [2.24, 2.45) is 0 Å². The van der Waals surface area contributed by atoms with Crippen molar-refractivity contribution in [2.75, 3.05) is 17.3 Å². The van der Waals surface area contributed by atoms with Gasteiger partial charge in [-0.1, -0.05) is 18.2 Å². The van der Waals surface area contributed by atoms with E-state index in [-0.39, 0.29) is 6.42 Å². The van der Waals surface area contributed by atoms with Crippen LogP contribution in [0.2, 0.25) is 0 Å². The average Bonchev–Trinajstić information content (AvgIpc) is 2.57. The highest BCUT2D eigenvalue weighted by Crippen LogP contribution is 2.17. The topological polar surface area (TPSA) is 75.3 Å². The van der Waals surface area contributed by atoms with Crippen molar-refractivity contribution >= 4 is 33.4 Å². The second kappa shape index (κ2) is 9.34. The van der Waals surface area contributed by atoms with Gasteiger partial charge in [0, 0.05) is 5.69 Å². The number of rotatable bonds is 8. The number of hydrogen-bond donors (Lipinski definition) is 2.